The minimum absolute atomic E-state index is 0.466. The summed E-state index contributed by atoms with van der Waals surface area (Å²) >= 11 is 0. The van der Waals surface area contributed by atoms with Crippen LogP contribution in [0.5, 0.6) is 5.75 Å². The average molecular weight is 296 g/mol. The van der Waals surface area contributed by atoms with E-state index < -0.39 is 12.2 Å². The highest BCUT2D eigenvalue weighted by atomic mass is 16.5. The zero-order chi connectivity index (χ0) is 16.3. The van der Waals surface area contributed by atoms with E-state index in [1.807, 2.05) is 30.4 Å². The van der Waals surface area contributed by atoms with E-state index in [0.717, 1.165) is 5.69 Å². The number of nitrogens with zero attached hydrogens (tertiary/aromatic N) is 2. The number of amides is 2. The second-order valence-electron chi connectivity index (χ2n) is 3.90. The first kappa shape index (κ1) is 18.2. The highest BCUT2D eigenvalue weighted by molar-refractivity contribution is 5.70. The molecular weight excluding hydrogens is 276 g/mol. The number of rotatable bonds is 3. The molecular formula is C13H20N4O4. The maximum Gasteiger partial charge on any atom is 0.412 e. The van der Waals surface area contributed by atoms with Gasteiger partial charge in [-0.05, 0) is 12.1 Å². The summed E-state index contributed by atoms with van der Waals surface area (Å²) in [5, 5.41) is 11.9. The van der Waals surface area contributed by atoms with E-state index in [4.69, 9.17) is 9.84 Å². The largest absolute Gasteiger partial charge is 0.465 e. The Kier molecular flexibility index (Phi) is 8.74. The quantitative estimate of drug-likeness (QED) is 0.579. The summed E-state index contributed by atoms with van der Waals surface area (Å²) in [6.07, 6.45) is 0.192. The molecule has 0 heterocycles. The van der Waals surface area contributed by atoms with Gasteiger partial charge in [0, 0.05) is 34.3 Å². The molecule has 0 atom stereocenters. The van der Waals surface area contributed by atoms with Crippen LogP contribution < -0.4 is 15.4 Å². The van der Waals surface area contributed by atoms with Crippen molar-refractivity contribution in [1.82, 2.24) is 15.5 Å². The lowest BCUT2D eigenvalue weighted by molar-refractivity contribution is 0.197. The molecule has 0 bridgehead atoms. The predicted octanol–water partition coefficient (Wildman–Crippen LogP) is 1.51. The van der Waals surface area contributed by atoms with E-state index in [0.29, 0.717) is 5.75 Å². The third kappa shape index (κ3) is 9.77. The van der Waals surface area contributed by atoms with Gasteiger partial charge in [0.25, 0.3) is 0 Å². The molecule has 8 nitrogen and oxygen atoms in total. The Bertz CT molecular complexity index is 489. The Morgan fingerprint density at radius 1 is 1.29 bits per heavy atom. The van der Waals surface area contributed by atoms with E-state index in [-0.39, 0.29) is 0 Å². The van der Waals surface area contributed by atoms with Gasteiger partial charge in [-0.15, -0.1) is 0 Å². The molecule has 116 valence electrons. The minimum Gasteiger partial charge on any atom is -0.465 e. The third-order valence-electron chi connectivity index (χ3n) is 1.88. The average Bonchev–Trinajstić information content (AvgIpc) is 2.46. The summed E-state index contributed by atoms with van der Waals surface area (Å²) in [5.74, 6) is 0.466. The molecule has 2 amide bonds. The number of hydrogen-bond acceptors (Lipinski definition) is 4. The molecule has 1 aromatic carbocycles. The number of carboxylic acid groups (broad SMARTS) is 1. The molecule has 0 radical (unpaired) electrons. The van der Waals surface area contributed by atoms with Crippen molar-refractivity contribution >= 4 is 24.2 Å². The lowest BCUT2D eigenvalue weighted by Crippen LogP contribution is -2.21. The first-order chi connectivity index (χ1) is 9.88. The summed E-state index contributed by atoms with van der Waals surface area (Å²) in [4.78, 5) is 26.2. The van der Waals surface area contributed by atoms with Gasteiger partial charge < -0.3 is 25.4 Å². The molecule has 0 aliphatic rings. The van der Waals surface area contributed by atoms with Crippen LogP contribution in [0.15, 0.2) is 29.3 Å². The lowest BCUT2D eigenvalue weighted by Gasteiger charge is -2.05. The predicted molar refractivity (Wildman–Crippen MR) is 80.4 cm³/mol. The van der Waals surface area contributed by atoms with Gasteiger partial charge in [0.15, 0.2) is 0 Å². The van der Waals surface area contributed by atoms with Crippen LogP contribution in [-0.4, -0.2) is 56.7 Å². The molecule has 0 aromatic heterocycles. The van der Waals surface area contributed by atoms with Gasteiger partial charge in [-0.25, -0.2) is 14.6 Å². The van der Waals surface area contributed by atoms with Gasteiger partial charge >= 0.3 is 12.2 Å². The number of ether oxygens (including phenoxy) is 1. The first-order valence-corrected chi connectivity index (χ1v) is 6.00. The molecule has 3 N–H and O–H groups in total. The monoisotopic (exact) mass is 296 g/mol. The number of hydrogen-bond donors (Lipinski definition) is 3. The molecule has 0 saturated heterocycles. The van der Waals surface area contributed by atoms with Crippen molar-refractivity contribution in [1.29, 1.82) is 0 Å². The van der Waals surface area contributed by atoms with E-state index >= 15 is 0 Å². The lowest BCUT2D eigenvalue weighted by atomic mass is 10.3. The maximum absolute atomic E-state index is 11.0. The number of aliphatic imine (C=N–C) groups is 1. The van der Waals surface area contributed by atoms with Gasteiger partial charge in [-0.1, -0.05) is 6.07 Å². The normalized spacial score (nSPS) is 9.33. The van der Waals surface area contributed by atoms with Crippen molar-refractivity contribution in [3.05, 3.63) is 24.3 Å². The molecule has 1 aromatic rings. The van der Waals surface area contributed by atoms with Crippen LogP contribution in [0.3, 0.4) is 0 Å². The van der Waals surface area contributed by atoms with Crippen LogP contribution in [-0.2, 0) is 0 Å². The molecule has 1 rings (SSSR count). The summed E-state index contributed by atoms with van der Waals surface area (Å²) in [7, 11) is 6.63. The Morgan fingerprint density at radius 3 is 2.38 bits per heavy atom. The van der Waals surface area contributed by atoms with E-state index in [9.17, 15) is 9.59 Å². The smallest absolute Gasteiger partial charge is 0.412 e. The zero-order valence-electron chi connectivity index (χ0n) is 12.5. The molecule has 0 unspecified atom stereocenters. The second kappa shape index (κ2) is 10.1. The maximum atomic E-state index is 11.0. The van der Waals surface area contributed by atoms with Crippen LogP contribution in [0.4, 0.5) is 15.3 Å². The fourth-order valence-corrected chi connectivity index (χ4v) is 0.968. The zero-order valence-corrected chi connectivity index (χ0v) is 12.5. The summed E-state index contributed by atoms with van der Waals surface area (Å²) in [6.45, 7) is 0. The van der Waals surface area contributed by atoms with Crippen molar-refractivity contribution < 1.29 is 19.4 Å². The van der Waals surface area contributed by atoms with Crippen molar-refractivity contribution in [3.63, 3.8) is 0 Å². The number of benzene rings is 1. The molecule has 8 heteroatoms. The van der Waals surface area contributed by atoms with Crippen LogP contribution in [0, 0.1) is 0 Å². The Labute approximate surface area is 123 Å². The molecule has 0 fully saturated rings. The van der Waals surface area contributed by atoms with Gasteiger partial charge in [0.1, 0.15) is 5.75 Å². The highest BCUT2D eigenvalue weighted by Gasteiger charge is 2.01. The fourth-order valence-electron chi connectivity index (χ4n) is 0.968. The third-order valence-corrected chi connectivity index (χ3v) is 1.88. The van der Waals surface area contributed by atoms with Gasteiger partial charge in [-0.2, -0.15) is 0 Å². The molecule has 21 heavy (non-hydrogen) atoms. The number of carbonyl (C=O) groups is 2. The molecule has 0 saturated carbocycles. The number of nitrogens with one attached hydrogen (secondary N) is 2. The summed E-state index contributed by atoms with van der Waals surface area (Å²) in [5.41, 5.74) is 0.732. The number of carbonyl (C=O) groups excluding carboxylic acids is 1. The van der Waals surface area contributed by atoms with Gasteiger partial charge in [0.2, 0.25) is 0 Å². The van der Waals surface area contributed by atoms with Gasteiger partial charge in [-0.3, -0.25) is 0 Å². The van der Waals surface area contributed by atoms with Crippen LogP contribution >= 0.6 is 0 Å². The highest BCUT2D eigenvalue weighted by Crippen LogP contribution is 2.19. The summed E-state index contributed by atoms with van der Waals surface area (Å²) < 4.78 is 4.97. The van der Waals surface area contributed by atoms with Crippen LogP contribution in [0.1, 0.15) is 0 Å². The molecule has 0 aliphatic carbocycles. The van der Waals surface area contributed by atoms with Crippen molar-refractivity contribution in [2.24, 2.45) is 4.99 Å². The van der Waals surface area contributed by atoms with E-state index in [1.54, 1.807) is 24.5 Å². The van der Waals surface area contributed by atoms with Crippen molar-refractivity contribution in [2.75, 3.05) is 28.2 Å². The summed E-state index contributed by atoms with van der Waals surface area (Å²) in [6, 6.07) is 7.00. The molecule has 0 spiro atoms. The Hall–Kier alpha value is -2.77. The second-order valence-corrected chi connectivity index (χ2v) is 3.90. The topological polar surface area (TPSA) is 103 Å². The van der Waals surface area contributed by atoms with Crippen LogP contribution in [0.25, 0.3) is 0 Å². The SMILES string of the molecule is CNC(=O)O.CNC(=O)Oc1cccc(N=CN(C)C)c1. The first-order valence-electron chi connectivity index (χ1n) is 6.00. The van der Waals surface area contributed by atoms with E-state index in [1.165, 1.54) is 14.1 Å². The van der Waals surface area contributed by atoms with Crippen molar-refractivity contribution in [2.45, 2.75) is 0 Å². The van der Waals surface area contributed by atoms with E-state index in [2.05, 4.69) is 10.3 Å². The van der Waals surface area contributed by atoms with Crippen LogP contribution in [0.2, 0.25) is 0 Å². The Balaban J connectivity index is 0.000000690. The standard InChI is InChI=1S/C11H15N3O2.C2H5NO2/c1-12-11(15)16-10-6-4-5-9(7-10)13-8-14(2)3;1-3-2(4)5/h4-8H,1-3H3,(H,12,15);3H,1H3,(H,4,5). The van der Waals surface area contributed by atoms with Crippen molar-refractivity contribution in [3.8, 4) is 5.75 Å². The molecule has 0 aliphatic heterocycles. The fraction of sp³-hybridized carbons (Fsp3) is 0.308. The minimum atomic E-state index is -0.995. The Morgan fingerprint density at radius 2 is 1.90 bits per heavy atom. The van der Waals surface area contributed by atoms with Gasteiger partial charge in [0.05, 0.1) is 12.0 Å².